The van der Waals surface area contributed by atoms with Gasteiger partial charge in [0.1, 0.15) is 6.67 Å². The van der Waals surface area contributed by atoms with E-state index >= 15 is 0 Å². The number of nitrogens with one attached hydrogen (secondary N) is 1. The van der Waals surface area contributed by atoms with Crippen molar-refractivity contribution in [3.05, 3.63) is 65.7 Å². The molecule has 2 aromatic rings. The first-order chi connectivity index (χ1) is 10.9. The van der Waals surface area contributed by atoms with E-state index in [0.29, 0.717) is 12.1 Å². The van der Waals surface area contributed by atoms with E-state index in [1.165, 1.54) is 24.3 Å². The van der Waals surface area contributed by atoms with Gasteiger partial charge in [0.2, 0.25) is 0 Å². The van der Waals surface area contributed by atoms with Gasteiger partial charge in [-0.1, -0.05) is 42.5 Å². The Bertz CT molecular complexity index is 717. The predicted octanol–water partition coefficient (Wildman–Crippen LogP) is 2.25. The molecule has 4 nitrogen and oxygen atoms in total. The van der Waals surface area contributed by atoms with Gasteiger partial charge in [-0.3, -0.25) is 0 Å². The number of alkyl halides is 1. The fourth-order valence-corrected chi connectivity index (χ4v) is 2.87. The minimum atomic E-state index is -3.29. The monoisotopic (exact) mass is 337 g/mol. The number of aliphatic hydroxyl groups is 1. The van der Waals surface area contributed by atoms with Crippen LogP contribution in [0.25, 0.3) is 0 Å². The third kappa shape index (κ3) is 4.86. The molecule has 0 saturated carbocycles. The van der Waals surface area contributed by atoms with Crippen LogP contribution in [0.15, 0.2) is 59.5 Å². The lowest BCUT2D eigenvalue weighted by atomic mass is 10.0. The van der Waals surface area contributed by atoms with Crippen LogP contribution in [0.2, 0.25) is 0 Å². The van der Waals surface area contributed by atoms with Gasteiger partial charge in [-0.2, -0.15) is 0 Å². The second-order valence-electron chi connectivity index (χ2n) is 5.41. The minimum Gasteiger partial charge on any atom is -0.387 e. The molecule has 6 heteroatoms. The molecule has 0 aliphatic rings. The third-order valence-electron chi connectivity index (χ3n) is 3.61. The van der Waals surface area contributed by atoms with Gasteiger partial charge < -0.3 is 10.4 Å². The van der Waals surface area contributed by atoms with Crippen molar-refractivity contribution in [1.82, 2.24) is 5.32 Å². The van der Waals surface area contributed by atoms with Crippen molar-refractivity contribution in [2.45, 2.75) is 23.6 Å². The smallest absolute Gasteiger partial charge is 0.175 e. The molecule has 0 unspecified atom stereocenters. The van der Waals surface area contributed by atoms with Gasteiger partial charge in [-0.15, -0.1) is 0 Å². The first kappa shape index (κ1) is 17.6. The number of sulfone groups is 1. The predicted molar refractivity (Wildman–Crippen MR) is 87.6 cm³/mol. The molecule has 0 amide bonds. The highest BCUT2D eigenvalue weighted by Gasteiger charge is 2.21. The molecule has 2 atom stereocenters. The molecule has 0 saturated heterocycles. The van der Waals surface area contributed by atoms with Crippen LogP contribution in [-0.4, -0.2) is 32.5 Å². The molecule has 2 rings (SSSR count). The van der Waals surface area contributed by atoms with Gasteiger partial charge in [0, 0.05) is 12.8 Å². The maximum absolute atomic E-state index is 13.2. The Morgan fingerprint density at radius 1 is 1.09 bits per heavy atom. The van der Waals surface area contributed by atoms with Crippen LogP contribution >= 0.6 is 0 Å². The normalized spacial score (nSPS) is 14.4. The quantitative estimate of drug-likeness (QED) is 0.813. The molecule has 0 aliphatic heterocycles. The van der Waals surface area contributed by atoms with E-state index in [1.807, 2.05) is 30.3 Å². The van der Waals surface area contributed by atoms with Crippen LogP contribution in [0, 0.1) is 0 Å². The summed E-state index contributed by atoms with van der Waals surface area (Å²) in [5.41, 5.74) is 1.46. The van der Waals surface area contributed by atoms with E-state index in [2.05, 4.69) is 5.32 Å². The minimum absolute atomic E-state index is 0.169. The second-order valence-corrected chi connectivity index (χ2v) is 7.43. The summed E-state index contributed by atoms with van der Waals surface area (Å²) in [5, 5.41) is 13.3. The molecule has 0 radical (unpaired) electrons. The van der Waals surface area contributed by atoms with Crippen molar-refractivity contribution in [3.63, 3.8) is 0 Å². The largest absolute Gasteiger partial charge is 0.387 e. The van der Waals surface area contributed by atoms with Gasteiger partial charge in [0.25, 0.3) is 0 Å². The van der Waals surface area contributed by atoms with Crippen molar-refractivity contribution >= 4 is 9.84 Å². The summed E-state index contributed by atoms with van der Waals surface area (Å²) in [6.07, 6.45) is 0.0573. The van der Waals surface area contributed by atoms with Crippen LogP contribution in [0.3, 0.4) is 0 Å². The SMILES string of the molecule is CS(=O)(=O)c1ccc([C@@H](O)[C@@H](CF)NCc2ccccc2)cc1. The molecular formula is C17H20FNO3S. The summed E-state index contributed by atoms with van der Waals surface area (Å²) in [7, 11) is -3.29. The lowest BCUT2D eigenvalue weighted by Gasteiger charge is -2.22. The molecule has 0 spiro atoms. The van der Waals surface area contributed by atoms with Crippen molar-refractivity contribution in [3.8, 4) is 0 Å². The molecule has 124 valence electrons. The van der Waals surface area contributed by atoms with Crippen LogP contribution in [-0.2, 0) is 16.4 Å². The maximum Gasteiger partial charge on any atom is 0.175 e. The Hall–Kier alpha value is -1.76. The summed E-state index contributed by atoms with van der Waals surface area (Å²) < 4.78 is 36.1. The average molecular weight is 337 g/mol. The van der Waals surface area contributed by atoms with E-state index in [-0.39, 0.29) is 4.90 Å². The highest BCUT2D eigenvalue weighted by atomic mass is 32.2. The summed E-state index contributed by atoms with van der Waals surface area (Å²) in [4.78, 5) is 0.169. The summed E-state index contributed by atoms with van der Waals surface area (Å²) in [6.45, 7) is -0.296. The lowest BCUT2D eigenvalue weighted by Crippen LogP contribution is -2.36. The van der Waals surface area contributed by atoms with Crippen LogP contribution in [0.4, 0.5) is 4.39 Å². The molecule has 0 bridgehead atoms. The standard InChI is InChI=1S/C17H20FNO3S/c1-23(21,22)15-9-7-14(8-10-15)17(20)16(11-18)19-12-13-5-3-2-4-6-13/h2-10,16-17,19-20H,11-12H2,1H3/t16-,17-/m1/s1. The maximum atomic E-state index is 13.2. The van der Waals surface area contributed by atoms with E-state index < -0.39 is 28.7 Å². The number of rotatable bonds is 7. The highest BCUT2D eigenvalue weighted by Crippen LogP contribution is 2.20. The Kier molecular flexibility index (Phi) is 5.87. The first-order valence-electron chi connectivity index (χ1n) is 7.23. The Balaban J connectivity index is 2.05. The third-order valence-corrected chi connectivity index (χ3v) is 4.74. The molecule has 0 aliphatic carbocycles. The molecule has 23 heavy (non-hydrogen) atoms. The average Bonchev–Trinajstić information content (AvgIpc) is 2.55. The summed E-state index contributed by atoms with van der Waals surface area (Å²) in [6, 6.07) is 14.6. The summed E-state index contributed by atoms with van der Waals surface area (Å²) in [5.74, 6) is 0. The zero-order chi connectivity index (χ0) is 16.9. The van der Waals surface area contributed by atoms with Crippen LogP contribution < -0.4 is 5.32 Å². The van der Waals surface area contributed by atoms with Gasteiger partial charge in [0.15, 0.2) is 9.84 Å². The van der Waals surface area contributed by atoms with Crippen molar-refractivity contribution in [2.24, 2.45) is 0 Å². The van der Waals surface area contributed by atoms with E-state index in [1.54, 1.807) is 0 Å². The Morgan fingerprint density at radius 2 is 1.70 bits per heavy atom. The van der Waals surface area contributed by atoms with Gasteiger partial charge in [0.05, 0.1) is 17.0 Å². The fraction of sp³-hybridized carbons (Fsp3) is 0.294. The van der Waals surface area contributed by atoms with Crippen LogP contribution in [0.1, 0.15) is 17.2 Å². The van der Waals surface area contributed by atoms with Crippen molar-refractivity contribution in [1.29, 1.82) is 0 Å². The molecular weight excluding hydrogens is 317 g/mol. The van der Waals surface area contributed by atoms with Gasteiger partial charge in [-0.25, -0.2) is 12.8 Å². The number of aliphatic hydroxyl groups excluding tert-OH is 1. The Morgan fingerprint density at radius 3 is 2.22 bits per heavy atom. The zero-order valence-corrected chi connectivity index (χ0v) is 13.6. The van der Waals surface area contributed by atoms with Gasteiger partial charge >= 0.3 is 0 Å². The zero-order valence-electron chi connectivity index (χ0n) is 12.8. The second kappa shape index (κ2) is 7.68. The molecule has 0 heterocycles. The number of benzene rings is 2. The Labute approximate surface area is 135 Å². The number of hydrogen-bond donors (Lipinski definition) is 2. The van der Waals surface area contributed by atoms with E-state index in [0.717, 1.165) is 11.8 Å². The molecule has 0 aromatic heterocycles. The van der Waals surface area contributed by atoms with Gasteiger partial charge in [-0.05, 0) is 23.3 Å². The summed E-state index contributed by atoms with van der Waals surface area (Å²) >= 11 is 0. The van der Waals surface area contributed by atoms with Crippen molar-refractivity contribution in [2.75, 3.05) is 12.9 Å². The molecule has 2 aromatic carbocycles. The highest BCUT2D eigenvalue weighted by molar-refractivity contribution is 7.90. The number of halogens is 1. The number of hydrogen-bond acceptors (Lipinski definition) is 4. The van der Waals surface area contributed by atoms with Crippen molar-refractivity contribution < 1.29 is 17.9 Å². The lowest BCUT2D eigenvalue weighted by molar-refractivity contribution is 0.112. The molecule has 0 fully saturated rings. The molecule has 2 N–H and O–H groups in total. The van der Waals surface area contributed by atoms with E-state index in [4.69, 9.17) is 0 Å². The van der Waals surface area contributed by atoms with E-state index in [9.17, 15) is 17.9 Å². The fourth-order valence-electron chi connectivity index (χ4n) is 2.24. The first-order valence-corrected chi connectivity index (χ1v) is 9.12. The topological polar surface area (TPSA) is 66.4 Å². The van der Waals surface area contributed by atoms with Crippen LogP contribution in [0.5, 0.6) is 0 Å².